The average molecular weight is 327 g/mol. The smallest absolute Gasteiger partial charge is 0.232 e. The van der Waals surface area contributed by atoms with Crippen LogP contribution in [0.2, 0.25) is 0 Å². The lowest BCUT2D eigenvalue weighted by molar-refractivity contribution is 0.145. The largest absolute Gasteiger partial charge is 0.393 e. The maximum atomic E-state index is 9.67. The van der Waals surface area contributed by atoms with Crippen LogP contribution in [0.25, 0.3) is 0 Å². The van der Waals surface area contributed by atoms with Gasteiger partial charge in [0.1, 0.15) is 5.82 Å². The minimum atomic E-state index is -0.209. The first-order chi connectivity index (χ1) is 11.4. The predicted octanol–water partition coefficient (Wildman–Crippen LogP) is 2.81. The predicted molar refractivity (Wildman–Crippen MR) is 96.0 cm³/mol. The van der Waals surface area contributed by atoms with Gasteiger partial charge in [-0.25, -0.2) is 0 Å². The van der Waals surface area contributed by atoms with E-state index in [1.165, 1.54) is 16.7 Å². The van der Waals surface area contributed by atoms with E-state index in [4.69, 9.17) is 0 Å². The lowest BCUT2D eigenvalue weighted by Gasteiger charge is -2.29. The molecule has 0 amide bonds. The number of aliphatic hydroxyl groups is 1. The molecule has 2 heterocycles. The highest BCUT2D eigenvalue weighted by Crippen LogP contribution is 2.25. The van der Waals surface area contributed by atoms with Gasteiger partial charge in [-0.05, 0) is 51.7 Å². The van der Waals surface area contributed by atoms with Crippen LogP contribution in [0.4, 0.5) is 17.6 Å². The van der Waals surface area contributed by atoms with E-state index in [0.717, 1.165) is 31.6 Å². The maximum absolute atomic E-state index is 9.67. The third-order valence-corrected chi connectivity index (χ3v) is 4.40. The van der Waals surface area contributed by atoms with E-state index in [1.807, 2.05) is 6.92 Å². The Hall–Kier alpha value is -2.21. The van der Waals surface area contributed by atoms with E-state index in [-0.39, 0.29) is 6.10 Å². The number of nitrogens with zero attached hydrogens (tertiary/aromatic N) is 4. The molecule has 6 nitrogen and oxygen atoms in total. The van der Waals surface area contributed by atoms with Crippen molar-refractivity contribution in [3.8, 4) is 0 Å². The second kappa shape index (κ2) is 6.73. The fourth-order valence-electron chi connectivity index (χ4n) is 3.22. The summed E-state index contributed by atoms with van der Waals surface area (Å²) in [5, 5.41) is 13.0. The Labute approximate surface area is 143 Å². The molecule has 3 rings (SSSR count). The molecule has 6 heteroatoms. The van der Waals surface area contributed by atoms with Crippen molar-refractivity contribution in [2.75, 3.05) is 23.3 Å². The van der Waals surface area contributed by atoms with Crippen molar-refractivity contribution in [1.82, 2.24) is 15.0 Å². The van der Waals surface area contributed by atoms with Crippen molar-refractivity contribution in [3.05, 3.63) is 34.6 Å². The van der Waals surface area contributed by atoms with E-state index in [9.17, 15) is 5.11 Å². The van der Waals surface area contributed by atoms with Crippen LogP contribution in [-0.4, -0.2) is 39.3 Å². The van der Waals surface area contributed by atoms with Crippen LogP contribution in [0.5, 0.6) is 0 Å². The molecule has 1 aliphatic rings. The van der Waals surface area contributed by atoms with Crippen molar-refractivity contribution < 1.29 is 5.11 Å². The van der Waals surface area contributed by atoms with Crippen LogP contribution >= 0.6 is 0 Å². The van der Waals surface area contributed by atoms with Crippen molar-refractivity contribution >= 4 is 17.6 Å². The molecule has 0 spiro atoms. The van der Waals surface area contributed by atoms with Crippen LogP contribution < -0.4 is 10.2 Å². The van der Waals surface area contributed by atoms with E-state index in [2.05, 4.69) is 58.1 Å². The summed E-state index contributed by atoms with van der Waals surface area (Å²) in [6, 6.07) is 4.30. The van der Waals surface area contributed by atoms with Gasteiger partial charge in [-0.3, -0.25) is 0 Å². The second-order valence-corrected chi connectivity index (χ2v) is 6.62. The van der Waals surface area contributed by atoms with Gasteiger partial charge in [-0.15, -0.1) is 0 Å². The zero-order valence-electron chi connectivity index (χ0n) is 14.8. The molecule has 2 N–H and O–H groups in total. The molecule has 0 bridgehead atoms. The van der Waals surface area contributed by atoms with Crippen molar-refractivity contribution in [1.29, 1.82) is 0 Å². The number of anilines is 3. The Morgan fingerprint density at radius 1 is 1.00 bits per heavy atom. The molecular weight excluding hydrogens is 302 g/mol. The van der Waals surface area contributed by atoms with Crippen LogP contribution in [0.15, 0.2) is 12.1 Å². The Kier molecular flexibility index (Phi) is 4.66. The van der Waals surface area contributed by atoms with Crippen molar-refractivity contribution in [3.63, 3.8) is 0 Å². The molecule has 2 aromatic rings. The standard InChI is InChI=1S/C18H25N5O/c1-11-9-12(2)16(13(3)10-11)21-17-19-14(4)20-18(22-17)23-7-5-15(24)6-8-23/h9-10,15,24H,5-8H2,1-4H3,(H,19,20,21,22). The summed E-state index contributed by atoms with van der Waals surface area (Å²) in [7, 11) is 0. The molecule has 1 fully saturated rings. The maximum Gasteiger partial charge on any atom is 0.232 e. The number of piperidine rings is 1. The molecule has 0 saturated carbocycles. The molecule has 0 aliphatic carbocycles. The minimum Gasteiger partial charge on any atom is -0.393 e. The SMILES string of the molecule is Cc1cc(C)c(Nc2nc(C)nc(N3CCC(O)CC3)n2)c(C)c1. The monoisotopic (exact) mass is 327 g/mol. The number of rotatable bonds is 3. The summed E-state index contributed by atoms with van der Waals surface area (Å²) in [5.41, 5.74) is 4.64. The van der Waals surface area contributed by atoms with Gasteiger partial charge in [0, 0.05) is 18.8 Å². The Morgan fingerprint density at radius 2 is 1.62 bits per heavy atom. The number of hydrogen-bond acceptors (Lipinski definition) is 6. The molecule has 128 valence electrons. The fraction of sp³-hybridized carbons (Fsp3) is 0.500. The summed E-state index contributed by atoms with van der Waals surface area (Å²) in [4.78, 5) is 15.6. The fourth-order valence-corrected chi connectivity index (χ4v) is 3.22. The molecule has 1 aromatic carbocycles. The van der Waals surface area contributed by atoms with E-state index in [1.54, 1.807) is 0 Å². The Balaban J connectivity index is 1.87. The number of aromatic nitrogens is 3. The average Bonchev–Trinajstić information content (AvgIpc) is 2.51. The van der Waals surface area contributed by atoms with E-state index in [0.29, 0.717) is 17.7 Å². The minimum absolute atomic E-state index is 0.209. The van der Waals surface area contributed by atoms with Gasteiger partial charge in [0.15, 0.2) is 0 Å². The van der Waals surface area contributed by atoms with Crippen LogP contribution in [0.1, 0.15) is 35.4 Å². The first-order valence-corrected chi connectivity index (χ1v) is 8.43. The van der Waals surface area contributed by atoms with Crippen LogP contribution in [0.3, 0.4) is 0 Å². The van der Waals surface area contributed by atoms with E-state index < -0.39 is 0 Å². The van der Waals surface area contributed by atoms with Gasteiger partial charge in [0.05, 0.1) is 6.10 Å². The summed E-state index contributed by atoms with van der Waals surface area (Å²) in [6.45, 7) is 9.69. The molecule has 1 aromatic heterocycles. The lowest BCUT2D eigenvalue weighted by Crippen LogP contribution is -2.37. The van der Waals surface area contributed by atoms with Gasteiger partial charge >= 0.3 is 0 Å². The van der Waals surface area contributed by atoms with Gasteiger partial charge in [0.25, 0.3) is 0 Å². The molecular formula is C18H25N5O. The number of aliphatic hydroxyl groups excluding tert-OH is 1. The third-order valence-electron chi connectivity index (χ3n) is 4.40. The quantitative estimate of drug-likeness (QED) is 0.903. The molecule has 0 radical (unpaired) electrons. The third kappa shape index (κ3) is 3.64. The summed E-state index contributed by atoms with van der Waals surface area (Å²) in [6.07, 6.45) is 1.30. The number of nitrogens with one attached hydrogen (secondary N) is 1. The van der Waals surface area contributed by atoms with Gasteiger partial charge in [-0.2, -0.15) is 15.0 Å². The zero-order valence-corrected chi connectivity index (χ0v) is 14.8. The van der Waals surface area contributed by atoms with Crippen LogP contribution in [-0.2, 0) is 0 Å². The van der Waals surface area contributed by atoms with Crippen LogP contribution in [0, 0.1) is 27.7 Å². The van der Waals surface area contributed by atoms with Gasteiger partial charge in [0.2, 0.25) is 11.9 Å². The number of aryl methyl sites for hydroxylation is 4. The van der Waals surface area contributed by atoms with Crippen molar-refractivity contribution in [2.24, 2.45) is 0 Å². The highest BCUT2D eigenvalue weighted by Gasteiger charge is 2.20. The summed E-state index contributed by atoms with van der Waals surface area (Å²) >= 11 is 0. The Morgan fingerprint density at radius 3 is 2.25 bits per heavy atom. The summed E-state index contributed by atoms with van der Waals surface area (Å²) < 4.78 is 0. The molecule has 0 unspecified atom stereocenters. The zero-order chi connectivity index (χ0) is 17.3. The first-order valence-electron chi connectivity index (χ1n) is 8.43. The number of hydrogen-bond donors (Lipinski definition) is 2. The van der Waals surface area contributed by atoms with Gasteiger partial charge in [-0.1, -0.05) is 17.7 Å². The first kappa shape index (κ1) is 16.6. The molecule has 1 aliphatic heterocycles. The highest BCUT2D eigenvalue weighted by atomic mass is 16.3. The van der Waals surface area contributed by atoms with E-state index >= 15 is 0 Å². The Bertz CT molecular complexity index is 715. The van der Waals surface area contributed by atoms with Crippen molar-refractivity contribution in [2.45, 2.75) is 46.6 Å². The normalized spacial score (nSPS) is 15.6. The lowest BCUT2D eigenvalue weighted by atomic mass is 10.1. The molecule has 0 atom stereocenters. The molecule has 1 saturated heterocycles. The molecule has 24 heavy (non-hydrogen) atoms. The summed E-state index contributed by atoms with van der Waals surface area (Å²) in [5.74, 6) is 1.94. The number of benzene rings is 1. The highest BCUT2D eigenvalue weighted by molar-refractivity contribution is 5.64. The topological polar surface area (TPSA) is 74.2 Å². The second-order valence-electron chi connectivity index (χ2n) is 6.62. The van der Waals surface area contributed by atoms with Gasteiger partial charge < -0.3 is 15.3 Å².